The smallest absolute Gasteiger partial charge is 0.279 e. The highest BCUT2D eigenvalue weighted by molar-refractivity contribution is 8.13. The normalized spacial score (nSPS) is 14.3. The molecule has 0 rings (SSSR count). The Labute approximate surface area is 88.4 Å². The van der Waals surface area contributed by atoms with Crippen LogP contribution in [0.3, 0.4) is 0 Å². The van der Waals surface area contributed by atoms with Gasteiger partial charge in [-0.2, -0.15) is 0 Å². The lowest BCUT2D eigenvalue weighted by Gasteiger charge is -2.19. The first-order valence-corrected chi connectivity index (χ1v) is 5.17. The molecule has 0 aromatic heterocycles. The van der Waals surface area contributed by atoms with Crippen LogP contribution in [0.4, 0.5) is 22.0 Å². The molecule has 0 amide bonds. The van der Waals surface area contributed by atoms with Gasteiger partial charge >= 0.3 is 0 Å². The number of hydrogen-bond donors (Lipinski definition) is 0. The van der Waals surface area contributed by atoms with Gasteiger partial charge in [-0.15, -0.1) is 0 Å². The molecule has 0 spiro atoms. The van der Waals surface area contributed by atoms with E-state index in [-0.39, 0.29) is 10.9 Å². The summed E-state index contributed by atoms with van der Waals surface area (Å²) in [5, 5.41) is -0.366. The SMILES string of the molecule is CC(=O)SCCC(F)(F)C(F)CC(F)F. The van der Waals surface area contributed by atoms with Gasteiger partial charge in [-0.05, 0) is 0 Å². The van der Waals surface area contributed by atoms with Crippen molar-refractivity contribution in [1.29, 1.82) is 0 Å². The van der Waals surface area contributed by atoms with Crippen LogP contribution in [-0.2, 0) is 4.79 Å². The van der Waals surface area contributed by atoms with Crippen molar-refractivity contribution in [3.63, 3.8) is 0 Å². The van der Waals surface area contributed by atoms with Crippen LogP contribution in [0.2, 0.25) is 0 Å². The van der Waals surface area contributed by atoms with Crippen molar-refractivity contribution >= 4 is 16.9 Å². The Morgan fingerprint density at radius 1 is 1.33 bits per heavy atom. The van der Waals surface area contributed by atoms with Crippen molar-refractivity contribution < 1.29 is 26.7 Å². The first-order chi connectivity index (χ1) is 6.75. The maximum Gasteiger partial charge on any atom is 0.279 e. The molecule has 0 saturated heterocycles. The van der Waals surface area contributed by atoms with Gasteiger partial charge < -0.3 is 0 Å². The van der Waals surface area contributed by atoms with Gasteiger partial charge in [0.1, 0.15) is 0 Å². The van der Waals surface area contributed by atoms with E-state index in [1.165, 1.54) is 6.92 Å². The van der Waals surface area contributed by atoms with Gasteiger partial charge in [0.25, 0.3) is 5.92 Å². The maximum absolute atomic E-state index is 12.8. The predicted octanol–water partition coefficient (Wildman–Crippen LogP) is 3.28. The van der Waals surface area contributed by atoms with Crippen LogP contribution in [0.25, 0.3) is 0 Å². The van der Waals surface area contributed by atoms with Crippen LogP contribution in [0.15, 0.2) is 0 Å². The summed E-state index contributed by atoms with van der Waals surface area (Å²) in [6.07, 6.45) is -8.33. The summed E-state index contributed by atoms with van der Waals surface area (Å²) in [6, 6.07) is 0. The second-order valence-electron chi connectivity index (χ2n) is 2.95. The molecular weight excluding hydrogens is 239 g/mol. The second kappa shape index (κ2) is 6.30. The number of thioether (sulfide) groups is 1. The molecule has 0 aliphatic carbocycles. The lowest BCUT2D eigenvalue weighted by molar-refractivity contribution is -0.109. The maximum atomic E-state index is 12.8. The van der Waals surface area contributed by atoms with E-state index in [4.69, 9.17) is 0 Å². The molecule has 0 N–H and O–H groups in total. The van der Waals surface area contributed by atoms with Gasteiger partial charge in [0.2, 0.25) is 6.43 Å². The first kappa shape index (κ1) is 14.7. The topological polar surface area (TPSA) is 17.1 Å². The zero-order chi connectivity index (χ0) is 12.1. The minimum atomic E-state index is -3.79. The van der Waals surface area contributed by atoms with E-state index in [0.29, 0.717) is 11.8 Å². The van der Waals surface area contributed by atoms with E-state index < -0.39 is 31.4 Å². The van der Waals surface area contributed by atoms with E-state index in [2.05, 4.69) is 0 Å². The van der Waals surface area contributed by atoms with Crippen LogP contribution >= 0.6 is 11.8 Å². The molecule has 1 unspecified atom stereocenters. The number of carbonyl (C=O) groups excluding carboxylic acids is 1. The molecule has 0 bridgehead atoms. The summed E-state index contributed by atoms with van der Waals surface area (Å²) in [5.74, 6) is -4.06. The van der Waals surface area contributed by atoms with Crippen LogP contribution < -0.4 is 0 Å². The number of carbonyl (C=O) groups is 1. The van der Waals surface area contributed by atoms with Crippen LogP contribution in [0.5, 0.6) is 0 Å². The molecule has 15 heavy (non-hydrogen) atoms. The zero-order valence-electron chi connectivity index (χ0n) is 7.98. The van der Waals surface area contributed by atoms with Crippen molar-refractivity contribution in [2.45, 2.75) is 38.3 Å². The fraction of sp³-hybridized carbons (Fsp3) is 0.875. The fourth-order valence-electron chi connectivity index (χ4n) is 0.816. The zero-order valence-corrected chi connectivity index (χ0v) is 8.80. The average Bonchev–Trinajstić information content (AvgIpc) is 2.01. The summed E-state index contributed by atoms with van der Waals surface area (Å²) in [5.41, 5.74) is 0. The number of rotatable bonds is 6. The van der Waals surface area contributed by atoms with E-state index in [1.807, 2.05) is 0 Å². The van der Waals surface area contributed by atoms with Crippen LogP contribution in [0.1, 0.15) is 19.8 Å². The minimum absolute atomic E-state index is 0.272. The molecule has 0 aromatic rings. The Morgan fingerprint density at radius 2 is 1.87 bits per heavy atom. The van der Waals surface area contributed by atoms with Gasteiger partial charge in [0.05, 0.1) is 0 Å². The molecule has 0 aliphatic heterocycles. The summed E-state index contributed by atoms with van der Waals surface area (Å²) < 4.78 is 61.5. The molecule has 0 saturated carbocycles. The molecule has 7 heteroatoms. The Balaban J connectivity index is 3.98. The van der Waals surface area contributed by atoms with Crippen molar-refractivity contribution in [3.05, 3.63) is 0 Å². The third kappa shape index (κ3) is 6.70. The van der Waals surface area contributed by atoms with Crippen LogP contribution in [0, 0.1) is 0 Å². The molecule has 1 atom stereocenters. The molecule has 90 valence electrons. The van der Waals surface area contributed by atoms with Crippen LogP contribution in [-0.4, -0.2) is 29.4 Å². The number of halogens is 5. The summed E-state index contributed by atoms with van der Waals surface area (Å²) >= 11 is 0.621. The van der Waals surface area contributed by atoms with E-state index >= 15 is 0 Å². The highest BCUT2D eigenvalue weighted by Gasteiger charge is 2.41. The van der Waals surface area contributed by atoms with E-state index in [1.54, 1.807) is 0 Å². The van der Waals surface area contributed by atoms with E-state index in [0.717, 1.165) is 0 Å². The summed E-state index contributed by atoms with van der Waals surface area (Å²) in [6.45, 7) is 1.19. The lowest BCUT2D eigenvalue weighted by Crippen LogP contribution is -2.32. The fourth-order valence-corrected chi connectivity index (χ4v) is 1.48. The predicted molar refractivity (Wildman–Crippen MR) is 48.2 cm³/mol. The standard InChI is InChI=1S/C8H11F5OS/c1-5(14)15-3-2-8(12,13)6(9)4-7(10)11/h6-7H,2-4H2,1H3. The highest BCUT2D eigenvalue weighted by atomic mass is 32.2. The van der Waals surface area contributed by atoms with E-state index in [9.17, 15) is 26.7 Å². The molecule has 0 aliphatic rings. The summed E-state index contributed by atoms with van der Waals surface area (Å²) in [7, 11) is 0. The van der Waals surface area contributed by atoms with Gasteiger partial charge in [-0.3, -0.25) is 4.79 Å². The first-order valence-electron chi connectivity index (χ1n) is 4.19. The number of hydrogen-bond acceptors (Lipinski definition) is 2. The van der Waals surface area contributed by atoms with Gasteiger partial charge in [-0.1, -0.05) is 11.8 Å². The highest BCUT2D eigenvalue weighted by Crippen LogP contribution is 2.30. The molecular formula is C8H11F5OS. The largest absolute Gasteiger partial charge is 0.288 e. The average molecular weight is 250 g/mol. The lowest BCUT2D eigenvalue weighted by atomic mass is 10.1. The quantitative estimate of drug-likeness (QED) is 0.673. The third-order valence-corrected chi connectivity index (χ3v) is 2.40. The van der Waals surface area contributed by atoms with Crippen molar-refractivity contribution in [1.82, 2.24) is 0 Å². The summed E-state index contributed by atoms with van der Waals surface area (Å²) in [4.78, 5) is 10.4. The van der Waals surface area contributed by atoms with Gasteiger partial charge in [-0.25, -0.2) is 22.0 Å². The Hall–Kier alpha value is -0.330. The molecule has 0 heterocycles. The number of alkyl halides is 5. The second-order valence-corrected chi connectivity index (χ2v) is 4.22. The van der Waals surface area contributed by atoms with Gasteiger partial charge in [0.15, 0.2) is 11.3 Å². The molecule has 0 aromatic carbocycles. The molecule has 1 nitrogen and oxygen atoms in total. The Kier molecular flexibility index (Phi) is 6.16. The molecule has 0 fully saturated rings. The Morgan fingerprint density at radius 3 is 2.27 bits per heavy atom. The third-order valence-electron chi connectivity index (χ3n) is 1.58. The van der Waals surface area contributed by atoms with Crippen molar-refractivity contribution in [2.24, 2.45) is 0 Å². The Bertz CT molecular complexity index is 209. The monoisotopic (exact) mass is 250 g/mol. The van der Waals surface area contributed by atoms with Crippen molar-refractivity contribution in [3.8, 4) is 0 Å². The molecule has 0 radical (unpaired) electrons. The minimum Gasteiger partial charge on any atom is -0.288 e. The van der Waals surface area contributed by atoms with Crippen molar-refractivity contribution in [2.75, 3.05) is 5.75 Å². The van der Waals surface area contributed by atoms with Gasteiger partial charge in [0, 0.05) is 25.5 Å².